The molecule has 0 spiro atoms. The van der Waals surface area contributed by atoms with Crippen LogP contribution in [0, 0.1) is 0 Å². The minimum absolute atomic E-state index is 0.151. The first kappa shape index (κ1) is 13.0. The van der Waals surface area contributed by atoms with E-state index in [1.165, 1.54) is 5.06 Å². The second-order valence-electron chi connectivity index (χ2n) is 6.01. The van der Waals surface area contributed by atoms with Gasteiger partial charge in [-0.15, -0.1) is 0 Å². The number of hydrogen-bond acceptors (Lipinski definition) is 4. The normalized spacial score (nSPS) is 35.8. The van der Waals surface area contributed by atoms with Crippen LogP contribution in [0.2, 0.25) is 0 Å². The summed E-state index contributed by atoms with van der Waals surface area (Å²) in [5.74, 6) is -0.797. The molecule has 2 saturated heterocycles. The molecular weight excluding hydrogens is 270 g/mol. The van der Waals surface area contributed by atoms with Crippen LogP contribution in [0.3, 0.4) is 0 Å². The second kappa shape index (κ2) is 4.40. The second-order valence-corrected chi connectivity index (χ2v) is 6.01. The first-order valence-electron chi connectivity index (χ1n) is 7.14. The lowest BCUT2D eigenvalue weighted by molar-refractivity contribution is -0.242. The molecule has 1 aromatic rings. The Balaban J connectivity index is 1.63. The minimum Gasteiger partial charge on any atom is -0.342 e. The van der Waals surface area contributed by atoms with Gasteiger partial charge in [-0.05, 0) is 26.0 Å². The van der Waals surface area contributed by atoms with E-state index < -0.39 is 5.79 Å². The zero-order chi connectivity index (χ0) is 14.6. The van der Waals surface area contributed by atoms with Crippen LogP contribution < -0.4 is 0 Å². The van der Waals surface area contributed by atoms with E-state index in [0.717, 1.165) is 0 Å². The molecule has 5 rings (SSSR count). The molecule has 5 nitrogen and oxygen atoms in total. The van der Waals surface area contributed by atoms with Crippen molar-refractivity contribution in [1.29, 1.82) is 0 Å². The van der Waals surface area contributed by atoms with Gasteiger partial charge in [0.2, 0.25) is 0 Å². The van der Waals surface area contributed by atoms with Gasteiger partial charge in [0.1, 0.15) is 24.4 Å². The highest BCUT2D eigenvalue weighted by molar-refractivity contribution is 5.94. The van der Waals surface area contributed by atoms with Gasteiger partial charge in [0, 0.05) is 5.56 Å². The summed E-state index contributed by atoms with van der Waals surface area (Å²) < 4.78 is 11.8. The molecule has 1 amide bonds. The van der Waals surface area contributed by atoms with Gasteiger partial charge in [-0.2, -0.15) is 0 Å². The number of benzene rings is 1. The molecule has 0 unspecified atom stereocenters. The molecule has 110 valence electrons. The van der Waals surface area contributed by atoms with E-state index in [-0.39, 0.29) is 30.3 Å². The largest absolute Gasteiger partial charge is 0.342 e. The fourth-order valence-corrected chi connectivity index (χ4v) is 3.18. The fourth-order valence-electron chi connectivity index (χ4n) is 3.18. The van der Waals surface area contributed by atoms with Crippen molar-refractivity contribution in [2.75, 3.05) is 0 Å². The smallest absolute Gasteiger partial charge is 0.278 e. The van der Waals surface area contributed by atoms with Crippen LogP contribution in [-0.4, -0.2) is 41.1 Å². The third-order valence-electron chi connectivity index (χ3n) is 4.05. The lowest BCUT2D eigenvalue weighted by atomic mass is 9.92. The van der Waals surface area contributed by atoms with Crippen LogP contribution in [0.15, 0.2) is 42.5 Å². The monoisotopic (exact) mass is 287 g/mol. The number of ether oxygens (including phenoxy) is 2. The molecule has 1 aliphatic carbocycles. The van der Waals surface area contributed by atoms with Crippen LogP contribution in [0.5, 0.6) is 0 Å². The van der Waals surface area contributed by atoms with Crippen molar-refractivity contribution in [3.05, 3.63) is 48.0 Å². The van der Waals surface area contributed by atoms with Crippen molar-refractivity contribution in [3.63, 3.8) is 0 Å². The maximum absolute atomic E-state index is 12.6. The number of nitrogens with zero attached hydrogens (tertiary/aromatic N) is 1. The first-order valence-corrected chi connectivity index (χ1v) is 7.14. The van der Waals surface area contributed by atoms with Crippen LogP contribution in [0.25, 0.3) is 0 Å². The molecular formula is C16H17NO4. The van der Waals surface area contributed by atoms with Gasteiger partial charge in [0.25, 0.3) is 5.91 Å². The maximum Gasteiger partial charge on any atom is 0.278 e. The van der Waals surface area contributed by atoms with Crippen molar-refractivity contribution in [1.82, 2.24) is 5.06 Å². The molecule has 5 heteroatoms. The van der Waals surface area contributed by atoms with E-state index >= 15 is 0 Å². The van der Waals surface area contributed by atoms with Gasteiger partial charge in [-0.25, -0.2) is 5.06 Å². The van der Waals surface area contributed by atoms with Crippen LogP contribution in [0.4, 0.5) is 0 Å². The summed E-state index contributed by atoms with van der Waals surface area (Å²) in [5.41, 5.74) is 0.605. The Kier molecular flexibility index (Phi) is 2.73. The van der Waals surface area contributed by atoms with Crippen molar-refractivity contribution in [3.8, 4) is 0 Å². The van der Waals surface area contributed by atoms with E-state index in [9.17, 15) is 4.79 Å². The molecule has 1 aromatic carbocycles. The molecule has 4 aliphatic rings. The summed E-state index contributed by atoms with van der Waals surface area (Å²) >= 11 is 0. The van der Waals surface area contributed by atoms with Crippen LogP contribution in [-0.2, 0) is 14.3 Å². The Bertz CT molecular complexity index is 598. The highest BCUT2D eigenvalue weighted by Crippen LogP contribution is 2.41. The number of fused-ring (bicyclic) bond motifs is 1. The summed E-state index contributed by atoms with van der Waals surface area (Å²) in [6.07, 6.45) is 3.30. The third-order valence-corrected chi connectivity index (χ3v) is 4.05. The highest BCUT2D eigenvalue weighted by Gasteiger charge is 2.56. The van der Waals surface area contributed by atoms with Gasteiger partial charge >= 0.3 is 0 Å². The topological polar surface area (TPSA) is 48.0 Å². The van der Waals surface area contributed by atoms with Crippen LogP contribution in [0.1, 0.15) is 24.2 Å². The van der Waals surface area contributed by atoms with E-state index in [1.807, 2.05) is 44.2 Å². The van der Waals surface area contributed by atoms with E-state index in [2.05, 4.69) is 0 Å². The molecule has 0 radical (unpaired) electrons. The average Bonchev–Trinajstić information content (AvgIpc) is 2.84. The number of hydrogen-bond donors (Lipinski definition) is 0. The Morgan fingerprint density at radius 3 is 2.57 bits per heavy atom. The van der Waals surface area contributed by atoms with E-state index in [0.29, 0.717) is 5.56 Å². The molecule has 2 fully saturated rings. The summed E-state index contributed by atoms with van der Waals surface area (Å²) in [4.78, 5) is 18.4. The summed E-state index contributed by atoms with van der Waals surface area (Å²) in [5, 5.41) is 1.42. The van der Waals surface area contributed by atoms with Gasteiger partial charge in [0.05, 0.1) is 0 Å². The molecule has 21 heavy (non-hydrogen) atoms. The Morgan fingerprint density at radius 1 is 1.10 bits per heavy atom. The standard InChI is InChI=1S/C16H17NO4/c1-16(2)19-13-11-8-9-12(14(13)20-16)21-17(11)15(18)10-6-4-3-5-7-10/h3-9,11-14H,1-2H3/t11-,12+,13+,14-/m1/s1. The average molecular weight is 287 g/mol. The summed E-state index contributed by atoms with van der Waals surface area (Å²) in [6, 6.07) is 8.87. The molecule has 0 aromatic heterocycles. The van der Waals surface area contributed by atoms with Gasteiger partial charge < -0.3 is 9.47 Å². The fraction of sp³-hybridized carbons (Fsp3) is 0.438. The van der Waals surface area contributed by atoms with Gasteiger partial charge in [-0.1, -0.05) is 30.4 Å². The zero-order valence-electron chi connectivity index (χ0n) is 11.9. The number of rotatable bonds is 1. The molecule has 3 heterocycles. The molecule has 4 atom stereocenters. The van der Waals surface area contributed by atoms with E-state index in [4.69, 9.17) is 14.3 Å². The van der Waals surface area contributed by atoms with E-state index in [1.54, 1.807) is 12.1 Å². The number of hydroxylamine groups is 2. The predicted molar refractivity (Wildman–Crippen MR) is 74.2 cm³/mol. The lowest BCUT2D eigenvalue weighted by Crippen LogP contribution is -2.61. The van der Waals surface area contributed by atoms with Crippen molar-refractivity contribution in [2.24, 2.45) is 0 Å². The lowest BCUT2D eigenvalue weighted by Gasteiger charge is -2.45. The van der Waals surface area contributed by atoms with Crippen LogP contribution >= 0.6 is 0 Å². The van der Waals surface area contributed by atoms with Crippen molar-refractivity contribution >= 4 is 5.91 Å². The maximum atomic E-state index is 12.6. The SMILES string of the molecule is CC1(C)O[C@@H]2[C@H](O1)[C@@H]1C=C[C@H]2N(C(=O)c2ccccc2)O1. The highest BCUT2D eigenvalue weighted by atomic mass is 16.8. The van der Waals surface area contributed by atoms with Crippen molar-refractivity contribution < 1.29 is 19.1 Å². The van der Waals surface area contributed by atoms with Crippen molar-refractivity contribution in [2.45, 2.75) is 44.0 Å². The minimum atomic E-state index is -0.646. The summed E-state index contributed by atoms with van der Waals surface area (Å²) in [6.45, 7) is 3.77. The number of carbonyl (C=O) groups is 1. The first-order chi connectivity index (χ1) is 10.1. The Morgan fingerprint density at radius 2 is 1.81 bits per heavy atom. The zero-order valence-corrected chi connectivity index (χ0v) is 11.9. The predicted octanol–water partition coefficient (Wildman–Crippen LogP) is 1.90. The van der Waals surface area contributed by atoms with Gasteiger partial charge in [-0.3, -0.25) is 9.63 Å². The van der Waals surface area contributed by atoms with Gasteiger partial charge in [0.15, 0.2) is 5.79 Å². The molecule has 0 N–H and O–H groups in total. The third kappa shape index (κ3) is 2.00. The summed E-state index contributed by atoms with van der Waals surface area (Å²) in [7, 11) is 0. The quantitative estimate of drug-likeness (QED) is 0.740. The Labute approximate surface area is 123 Å². The Hall–Kier alpha value is -1.69. The number of carbonyl (C=O) groups excluding carboxylic acids is 1. The molecule has 2 bridgehead atoms. The molecule has 0 saturated carbocycles. The molecule has 3 aliphatic heterocycles. The number of amides is 1.